The van der Waals surface area contributed by atoms with Crippen LogP contribution in [0.3, 0.4) is 0 Å². The second kappa shape index (κ2) is 6.97. The lowest BCUT2D eigenvalue weighted by Gasteiger charge is -2.11. The molecule has 0 saturated carbocycles. The summed E-state index contributed by atoms with van der Waals surface area (Å²) in [7, 11) is 0. The zero-order valence-corrected chi connectivity index (χ0v) is 14.2. The summed E-state index contributed by atoms with van der Waals surface area (Å²) >= 11 is 6.30. The van der Waals surface area contributed by atoms with Crippen molar-refractivity contribution in [3.8, 4) is 5.75 Å². The molecule has 0 aliphatic carbocycles. The Labute approximate surface area is 153 Å². The Morgan fingerprint density at radius 1 is 1.15 bits per heavy atom. The van der Waals surface area contributed by atoms with Gasteiger partial charge in [-0.3, -0.25) is 5.10 Å². The number of nitrogens with one attached hydrogen (secondary N) is 2. The minimum Gasteiger partial charge on any atom is -0.487 e. The minimum atomic E-state index is -0.299. The van der Waals surface area contributed by atoms with Crippen LogP contribution < -0.4 is 10.1 Å². The van der Waals surface area contributed by atoms with Crippen molar-refractivity contribution >= 4 is 34.1 Å². The molecule has 4 aromatic rings. The van der Waals surface area contributed by atoms with Gasteiger partial charge in [0.05, 0.1) is 16.6 Å². The highest BCUT2D eigenvalue weighted by Crippen LogP contribution is 2.30. The summed E-state index contributed by atoms with van der Waals surface area (Å²) in [6.45, 7) is 0.228. The first-order valence-electron chi connectivity index (χ1n) is 7.77. The average molecular weight is 370 g/mol. The van der Waals surface area contributed by atoms with Gasteiger partial charge in [0, 0.05) is 5.69 Å². The first-order valence-corrected chi connectivity index (χ1v) is 8.15. The first-order chi connectivity index (χ1) is 12.7. The van der Waals surface area contributed by atoms with Crippen LogP contribution in [0, 0.1) is 5.82 Å². The quantitative estimate of drug-likeness (QED) is 0.543. The molecule has 0 unspecified atom stereocenters. The zero-order chi connectivity index (χ0) is 17.9. The molecule has 2 aromatic carbocycles. The molecular weight excluding hydrogens is 357 g/mol. The number of halogens is 2. The molecule has 6 nitrogen and oxygen atoms in total. The standard InChI is InChI=1S/C18H13ClFN5O/c19-15-7-13(24-17-14-8-23-25-18(14)22-10-21-17)4-5-16(15)26-9-11-2-1-3-12(20)6-11/h1-8,10H,9H2,(H2,21,22,23,24,25). The van der Waals surface area contributed by atoms with Gasteiger partial charge in [0.2, 0.25) is 0 Å². The number of rotatable bonds is 5. The van der Waals surface area contributed by atoms with E-state index >= 15 is 0 Å². The van der Waals surface area contributed by atoms with Gasteiger partial charge in [0.15, 0.2) is 5.65 Å². The van der Waals surface area contributed by atoms with Gasteiger partial charge in [0.25, 0.3) is 0 Å². The SMILES string of the molecule is Fc1cccc(COc2ccc(Nc3ncnc4[nH]ncc34)cc2Cl)c1. The Morgan fingerprint density at radius 3 is 2.92 bits per heavy atom. The molecule has 130 valence electrons. The van der Waals surface area contributed by atoms with Gasteiger partial charge in [-0.15, -0.1) is 0 Å². The summed E-state index contributed by atoms with van der Waals surface area (Å²) in [5, 5.41) is 11.1. The Morgan fingerprint density at radius 2 is 2.08 bits per heavy atom. The van der Waals surface area contributed by atoms with E-state index < -0.39 is 0 Å². The molecule has 0 aliphatic heterocycles. The summed E-state index contributed by atoms with van der Waals surface area (Å²) in [5.74, 6) is 0.832. The zero-order valence-electron chi connectivity index (χ0n) is 13.4. The van der Waals surface area contributed by atoms with E-state index in [0.717, 1.165) is 16.6 Å². The van der Waals surface area contributed by atoms with Gasteiger partial charge in [-0.05, 0) is 35.9 Å². The van der Waals surface area contributed by atoms with Crippen molar-refractivity contribution in [3.05, 3.63) is 71.4 Å². The summed E-state index contributed by atoms with van der Waals surface area (Å²) < 4.78 is 18.9. The third-order valence-corrected chi connectivity index (χ3v) is 4.02. The summed E-state index contributed by atoms with van der Waals surface area (Å²) in [4.78, 5) is 8.31. The van der Waals surface area contributed by atoms with Crippen molar-refractivity contribution in [2.45, 2.75) is 6.61 Å². The molecule has 0 aliphatic rings. The first kappa shape index (κ1) is 16.3. The Balaban J connectivity index is 1.50. The van der Waals surface area contributed by atoms with Crippen LogP contribution >= 0.6 is 11.6 Å². The van der Waals surface area contributed by atoms with Crippen molar-refractivity contribution in [3.63, 3.8) is 0 Å². The van der Waals surface area contributed by atoms with Crippen LogP contribution in [0.4, 0.5) is 15.9 Å². The molecule has 0 saturated heterocycles. The van der Waals surface area contributed by atoms with Crippen molar-refractivity contribution < 1.29 is 9.13 Å². The molecule has 0 bridgehead atoms. The van der Waals surface area contributed by atoms with Crippen molar-refractivity contribution in [2.24, 2.45) is 0 Å². The maximum Gasteiger partial charge on any atom is 0.160 e. The second-order valence-corrected chi connectivity index (χ2v) is 5.95. The molecule has 8 heteroatoms. The van der Waals surface area contributed by atoms with Crippen molar-refractivity contribution in [1.29, 1.82) is 0 Å². The highest BCUT2D eigenvalue weighted by molar-refractivity contribution is 6.32. The van der Waals surface area contributed by atoms with E-state index in [1.165, 1.54) is 18.5 Å². The van der Waals surface area contributed by atoms with Crippen LogP contribution in [0.25, 0.3) is 11.0 Å². The molecule has 2 aromatic heterocycles. The smallest absolute Gasteiger partial charge is 0.160 e. The van der Waals surface area contributed by atoms with Crippen molar-refractivity contribution in [2.75, 3.05) is 5.32 Å². The molecule has 4 rings (SSSR count). The molecular formula is C18H13ClFN5O. The Hall–Kier alpha value is -3.19. The molecule has 26 heavy (non-hydrogen) atoms. The predicted molar refractivity (Wildman–Crippen MR) is 97.2 cm³/mol. The summed E-state index contributed by atoms with van der Waals surface area (Å²) in [6.07, 6.45) is 3.09. The maximum absolute atomic E-state index is 13.2. The number of H-pyrrole nitrogens is 1. The predicted octanol–water partition coefficient (Wildman–Crippen LogP) is 4.47. The number of nitrogens with zero attached hydrogens (tertiary/aromatic N) is 3. The number of aromatic nitrogens is 4. The van der Waals surface area contributed by atoms with E-state index in [0.29, 0.717) is 22.2 Å². The van der Waals surface area contributed by atoms with E-state index in [1.54, 1.807) is 30.5 Å². The number of hydrogen-bond donors (Lipinski definition) is 2. The molecule has 0 radical (unpaired) electrons. The van der Waals surface area contributed by atoms with Gasteiger partial charge in [-0.25, -0.2) is 14.4 Å². The molecule has 0 amide bonds. The largest absolute Gasteiger partial charge is 0.487 e. The van der Waals surface area contributed by atoms with Crippen LogP contribution in [0.1, 0.15) is 5.56 Å². The Bertz CT molecular complexity index is 1070. The number of ether oxygens (including phenoxy) is 1. The van der Waals surface area contributed by atoms with Gasteiger partial charge < -0.3 is 10.1 Å². The van der Waals surface area contributed by atoms with Crippen LogP contribution in [0.5, 0.6) is 5.75 Å². The van der Waals surface area contributed by atoms with Gasteiger partial charge in [0.1, 0.15) is 30.3 Å². The van der Waals surface area contributed by atoms with Crippen molar-refractivity contribution in [1.82, 2.24) is 20.2 Å². The van der Waals surface area contributed by atoms with Crippen LogP contribution in [-0.2, 0) is 6.61 Å². The third kappa shape index (κ3) is 3.43. The minimum absolute atomic E-state index is 0.228. The number of benzene rings is 2. The maximum atomic E-state index is 13.2. The van der Waals surface area contributed by atoms with Crippen LogP contribution in [0.2, 0.25) is 5.02 Å². The van der Waals surface area contributed by atoms with E-state index in [-0.39, 0.29) is 12.4 Å². The number of anilines is 2. The lowest BCUT2D eigenvalue weighted by molar-refractivity contribution is 0.306. The lowest BCUT2D eigenvalue weighted by Crippen LogP contribution is -1.98. The lowest BCUT2D eigenvalue weighted by atomic mass is 10.2. The number of hydrogen-bond acceptors (Lipinski definition) is 5. The second-order valence-electron chi connectivity index (χ2n) is 5.54. The summed E-state index contributed by atoms with van der Waals surface area (Å²) in [5.41, 5.74) is 2.12. The Kier molecular flexibility index (Phi) is 4.37. The van der Waals surface area contributed by atoms with Gasteiger partial charge in [-0.1, -0.05) is 23.7 Å². The van der Waals surface area contributed by atoms with E-state index in [9.17, 15) is 4.39 Å². The average Bonchev–Trinajstić information content (AvgIpc) is 3.11. The van der Waals surface area contributed by atoms with E-state index in [1.807, 2.05) is 6.07 Å². The molecule has 0 spiro atoms. The fraction of sp³-hybridized carbons (Fsp3) is 0.0556. The number of fused-ring (bicyclic) bond motifs is 1. The fourth-order valence-corrected chi connectivity index (χ4v) is 2.72. The third-order valence-electron chi connectivity index (χ3n) is 3.73. The normalized spacial score (nSPS) is 10.8. The molecule has 2 heterocycles. The fourth-order valence-electron chi connectivity index (χ4n) is 2.48. The van der Waals surface area contributed by atoms with Gasteiger partial charge in [-0.2, -0.15) is 5.10 Å². The van der Waals surface area contributed by atoms with Crippen LogP contribution in [0.15, 0.2) is 55.0 Å². The monoisotopic (exact) mass is 369 g/mol. The summed E-state index contributed by atoms with van der Waals surface area (Å²) in [6, 6.07) is 11.5. The van der Waals surface area contributed by atoms with Crippen LogP contribution in [-0.4, -0.2) is 20.2 Å². The van der Waals surface area contributed by atoms with E-state index in [2.05, 4.69) is 25.5 Å². The number of aromatic amines is 1. The van der Waals surface area contributed by atoms with E-state index in [4.69, 9.17) is 16.3 Å². The molecule has 0 fully saturated rings. The highest BCUT2D eigenvalue weighted by Gasteiger charge is 2.08. The topological polar surface area (TPSA) is 75.7 Å². The van der Waals surface area contributed by atoms with Gasteiger partial charge >= 0.3 is 0 Å². The molecule has 2 N–H and O–H groups in total. The highest BCUT2D eigenvalue weighted by atomic mass is 35.5. The molecule has 0 atom stereocenters.